The molecule has 4 unspecified atom stereocenters. The molecule has 1 aromatic rings. The monoisotopic (exact) mass is 362 g/mol. The molecular formula is C22H28F2O2. The Morgan fingerprint density at radius 1 is 0.962 bits per heavy atom. The lowest BCUT2D eigenvalue weighted by Crippen LogP contribution is -2.25. The van der Waals surface area contributed by atoms with Crippen LogP contribution in [0.2, 0.25) is 0 Å². The molecule has 2 fully saturated rings. The highest BCUT2D eigenvalue weighted by Crippen LogP contribution is 2.43. The average molecular weight is 362 g/mol. The van der Waals surface area contributed by atoms with Crippen molar-refractivity contribution in [2.45, 2.75) is 63.6 Å². The van der Waals surface area contributed by atoms with Crippen LogP contribution in [0.25, 0.3) is 0 Å². The normalized spacial score (nSPS) is 35.3. The summed E-state index contributed by atoms with van der Waals surface area (Å²) in [5, 5.41) is 9.54. The Bertz CT molecular complexity index is 673. The van der Waals surface area contributed by atoms with Crippen molar-refractivity contribution < 1.29 is 18.6 Å². The van der Waals surface area contributed by atoms with Gasteiger partial charge in [0.1, 0.15) is 0 Å². The highest BCUT2D eigenvalue weighted by molar-refractivity contribution is 5.33. The van der Waals surface area contributed by atoms with Gasteiger partial charge in [0.25, 0.3) is 0 Å². The van der Waals surface area contributed by atoms with Crippen LogP contribution in [-0.4, -0.2) is 17.8 Å². The van der Waals surface area contributed by atoms with Gasteiger partial charge in [-0.05, 0) is 68.8 Å². The van der Waals surface area contributed by atoms with Crippen LogP contribution in [0.1, 0.15) is 68.6 Å². The van der Waals surface area contributed by atoms with Gasteiger partial charge in [-0.3, -0.25) is 0 Å². The summed E-state index contributed by atoms with van der Waals surface area (Å²) in [4.78, 5) is 0. The van der Waals surface area contributed by atoms with Crippen LogP contribution in [0.15, 0.2) is 24.3 Å². The second-order valence-corrected chi connectivity index (χ2v) is 8.33. The van der Waals surface area contributed by atoms with Crippen LogP contribution >= 0.6 is 0 Å². The molecular weight excluding hydrogens is 334 g/mol. The number of rotatable bonds is 4. The molecule has 2 nitrogen and oxygen atoms in total. The predicted octanol–water partition coefficient (Wildman–Crippen LogP) is 5.27. The minimum Gasteiger partial charge on any atom is -0.389 e. The molecule has 3 aliphatic rings. The van der Waals surface area contributed by atoms with E-state index in [-0.39, 0.29) is 11.5 Å². The number of allylic oxidation sites excluding steroid dienone is 2. The minimum absolute atomic E-state index is 0.0281. The zero-order valence-electron chi connectivity index (χ0n) is 15.3. The van der Waals surface area contributed by atoms with E-state index in [4.69, 9.17) is 4.74 Å². The number of ether oxygens (including phenoxy) is 1. The van der Waals surface area contributed by atoms with Crippen LogP contribution in [0.4, 0.5) is 8.78 Å². The SMILES string of the molecule is CC(O)c1ccc(C2C=CC(C3CCC(C4CO4)CC3)CC2)c(F)c1F. The van der Waals surface area contributed by atoms with Gasteiger partial charge in [-0.2, -0.15) is 0 Å². The van der Waals surface area contributed by atoms with E-state index in [1.54, 1.807) is 6.07 Å². The number of halogens is 2. The first-order valence-corrected chi connectivity index (χ1v) is 10.0. The van der Waals surface area contributed by atoms with Crippen molar-refractivity contribution >= 4 is 0 Å². The molecule has 4 atom stereocenters. The number of hydrogen-bond acceptors (Lipinski definition) is 2. The topological polar surface area (TPSA) is 32.8 Å². The molecule has 1 aliphatic heterocycles. The van der Waals surface area contributed by atoms with Gasteiger partial charge in [-0.15, -0.1) is 0 Å². The summed E-state index contributed by atoms with van der Waals surface area (Å²) in [6, 6.07) is 3.15. The van der Waals surface area contributed by atoms with Crippen molar-refractivity contribution in [1.29, 1.82) is 0 Å². The molecule has 0 amide bonds. The molecule has 1 heterocycles. The lowest BCUT2D eigenvalue weighted by molar-refractivity contribution is 0.187. The molecule has 1 saturated carbocycles. The summed E-state index contributed by atoms with van der Waals surface area (Å²) in [6.45, 7) is 2.41. The first-order chi connectivity index (χ1) is 12.5. The highest BCUT2D eigenvalue weighted by Gasteiger charge is 2.37. The summed E-state index contributed by atoms with van der Waals surface area (Å²) >= 11 is 0. The van der Waals surface area contributed by atoms with Crippen molar-refractivity contribution in [3.05, 3.63) is 47.0 Å². The Hall–Kier alpha value is -1.26. The average Bonchev–Trinajstić information content (AvgIpc) is 3.49. The van der Waals surface area contributed by atoms with Crippen LogP contribution < -0.4 is 0 Å². The van der Waals surface area contributed by atoms with E-state index >= 15 is 0 Å². The predicted molar refractivity (Wildman–Crippen MR) is 96.8 cm³/mol. The molecule has 1 aromatic carbocycles. The Kier molecular flexibility index (Phi) is 5.15. The highest BCUT2D eigenvalue weighted by atomic mass is 19.2. The molecule has 0 aromatic heterocycles. The maximum Gasteiger partial charge on any atom is 0.164 e. The molecule has 0 radical (unpaired) electrons. The fraction of sp³-hybridized carbons (Fsp3) is 0.636. The summed E-state index contributed by atoms with van der Waals surface area (Å²) in [6.07, 6.45) is 10.8. The van der Waals surface area contributed by atoms with Crippen molar-refractivity contribution in [1.82, 2.24) is 0 Å². The summed E-state index contributed by atoms with van der Waals surface area (Å²) < 4.78 is 34.1. The van der Waals surface area contributed by atoms with Crippen molar-refractivity contribution in [2.24, 2.45) is 17.8 Å². The van der Waals surface area contributed by atoms with E-state index in [0.717, 1.165) is 31.3 Å². The van der Waals surface area contributed by atoms with Crippen molar-refractivity contribution in [3.63, 3.8) is 0 Å². The molecule has 4 rings (SSSR count). The van der Waals surface area contributed by atoms with E-state index in [1.807, 2.05) is 0 Å². The number of aliphatic hydroxyl groups is 1. The maximum atomic E-state index is 14.5. The molecule has 2 aliphatic carbocycles. The third-order valence-electron chi connectivity index (χ3n) is 6.70. The number of aliphatic hydroxyl groups excluding tert-OH is 1. The summed E-state index contributed by atoms with van der Waals surface area (Å²) in [5.74, 6) is 0.268. The minimum atomic E-state index is -0.999. The van der Waals surface area contributed by atoms with Crippen LogP contribution in [0.5, 0.6) is 0 Å². The third kappa shape index (κ3) is 3.59. The van der Waals surface area contributed by atoms with Gasteiger partial charge < -0.3 is 9.84 Å². The van der Waals surface area contributed by atoms with E-state index in [9.17, 15) is 13.9 Å². The molecule has 1 N–H and O–H groups in total. The second kappa shape index (κ2) is 7.40. The third-order valence-corrected chi connectivity index (χ3v) is 6.70. The van der Waals surface area contributed by atoms with Crippen LogP contribution in [0, 0.1) is 29.4 Å². The molecule has 0 bridgehead atoms. The van der Waals surface area contributed by atoms with E-state index in [1.165, 1.54) is 38.7 Å². The van der Waals surface area contributed by atoms with Gasteiger partial charge in [-0.25, -0.2) is 8.78 Å². The lowest BCUT2D eigenvalue weighted by atomic mass is 9.71. The molecule has 1 saturated heterocycles. The second-order valence-electron chi connectivity index (χ2n) is 8.33. The fourth-order valence-electron chi connectivity index (χ4n) is 4.95. The number of epoxide rings is 1. The largest absolute Gasteiger partial charge is 0.389 e. The zero-order valence-corrected chi connectivity index (χ0v) is 15.3. The van der Waals surface area contributed by atoms with Crippen molar-refractivity contribution in [3.8, 4) is 0 Å². The standard InChI is InChI=1S/C22H28F2O2/c1-13(25)18-10-11-19(22(24)21(18)23)16-6-2-14(3-7-16)15-4-8-17(9-5-15)20-12-26-20/h2,6,10-11,13-17,20,25H,3-5,7-9,12H2,1H3. The molecule has 26 heavy (non-hydrogen) atoms. The van der Waals surface area contributed by atoms with Crippen molar-refractivity contribution in [2.75, 3.05) is 6.61 Å². The molecule has 0 spiro atoms. The summed E-state index contributed by atoms with van der Waals surface area (Å²) in [7, 11) is 0. The van der Waals surface area contributed by atoms with E-state index < -0.39 is 17.7 Å². The van der Waals surface area contributed by atoms with E-state index in [0.29, 0.717) is 17.6 Å². The number of benzene rings is 1. The van der Waals surface area contributed by atoms with Gasteiger partial charge in [0.2, 0.25) is 0 Å². The van der Waals surface area contributed by atoms with Gasteiger partial charge in [0.15, 0.2) is 11.6 Å². The van der Waals surface area contributed by atoms with Gasteiger partial charge in [0.05, 0.1) is 18.8 Å². The van der Waals surface area contributed by atoms with Gasteiger partial charge in [0, 0.05) is 11.5 Å². The number of hydrogen-bond donors (Lipinski definition) is 1. The molecule has 4 heteroatoms. The first-order valence-electron chi connectivity index (χ1n) is 10.0. The molecule has 142 valence electrons. The Morgan fingerprint density at radius 3 is 2.23 bits per heavy atom. The quantitative estimate of drug-likeness (QED) is 0.584. The Balaban J connectivity index is 1.41. The summed E-state index contributed by atoms with van der Waals surface area (Å²) in [5.41, 5.74) is 0.441. The van der Waals surface area contributed by atoms with Gasteiger partial charge in [-0.1, -0.05) is 24.3 Å². The fourth-order valence-corrected chi connectivity index (χ4v) is 4.95. The Morgan fingerprint density at radius 2 is 1.65 bits per heavy atom. The van der Waals surface area contributed by atoms with Crippen LogP contribution in [-0.2, 0) is 4.74 Å². The first kappa shape index (κ1) is 18.1. The zero-order chi connectivity index (χ0) is 18.3. The maximum absolute atomic E-state index is 14.5. The van der Waals surface area contributed by atoms with Gasteiger partial charge >= 0.3 is 0 Å². The van der Waals surface area contributed by atoms with E-state index in [2.05, 4.69) is 12.2 Å². The lowest BCUT2D eigenvalue weighted by Gasteiger charge is -2.34. The Labute approximate surface area is 154 Å². The smallest absolute Gasteiger partial charge is 0.164 e. The van der Waals surface area contributed by atoms with Crippen LogP contribution in [0.3, 0.4) is 0 Å².